The zero-order valence-corrected chi connectivity index (χ0v) is 12.9. The molecule has 0 aliphatic carbocycles. The molecule has 0 bridgehead atoms. The minimum atomic E-state index is -0.386. The minimum absolute atomic E-state index is 0.0625. The molecule has 1 unspecified atom stereocenters. The molecular formula is C17H25FN2O. The van der Waals surface area contributed by atoms with Crippen molar-refractivity contribution < 1.29 is 9.18 Å². The van der Waals surface area contributed by atoms with Gasteiger partial charge >= 0.3 is 0 Å². The highest BCUT2D eigenvalue weighted by atomic mass is 19.1. The molecule has 1 fully saturated rings. The van der Waals surface area contributed by atoms with Crippen LogP contribution in [0.1, 0.15) is 32.3 Å². The van der Waals surface area contributed by atoms with Gasteiger partial charge in [-0.1, -0.05) is 32.0 Å². The maximum Gasteiger partial charge on any atom is 0.225 e. The Bertz CT molecular complexity index is 481. The van der Waals surface area contributed by atoms with E-state index < -0.39 is 0 Å². The number of halogens is 1. The molecule has 4 heteroatoms. The number of carbonyl (C=O) groups excluding carboxylic acids is 1. The first kappa shape index (κ1) is 16.0. The summed E-state index contributed by atoms with van der Waals surface area (Å²) in [4.78, 5) is 12.4. The number of piperidine rings is 1. The summed E-state index contributed by atoms with van der Waals surface area (Å²) in [6, 6.07) is 6.71. The highest BCUT2D eigenvalue weighted by Gasteiger charge is 2.36. The molecule has 0 aromatic heterocycles. The van der Waals surface area contributed by atoms with Crippen molar-refractivity contribution >= 4 is 5.91 Å². The van der Waals surface area contributed by atoms with E-state index in [1.807, 2.05) is 19.9 Å². The Morgan fingerprint density at radius 3 is 2.86 bits per heavy atom. The number of amides is 1. The van der Waals surface area contributed by atoms with Gasteiger partial charge < -0.3 is 10.6 Å². The van der Waals surface area contributed by atoms with E-state index in [-0.39, 0.29) is 17.1 Å². The second kappa shape index (κ2) is 7.03. The van der Waals surface area contributed by atoms with Gasteiger partial charge in [-0.3, -0.25) is 4.79 Å². The molecule has 116 valence electrons. The zero-order valence-electron chi connectivity index (χ0n) is 12.9. The largest absolute Gasteiger partial charge is 0.355 e. The van der Waals surface area contributed by atoms with Crippen LogP contribution in [0.15, 0.2) is 24.3 Å². The summed E-state index contributed by atoms with van der Waals surface area (Å²) in [7, 11) is 0. The monoisotopic (exact) mass is 292 g/mol. The van der Waals surface area contributed by atoms with Crippen LogP contribution in [0.5, 0.6) is 0 Å². The summed E-state index contributed by atoms with van der Waals surface area (Å²) in [6.07, 6.45) is 2.73. The van der Waals surface area contributed by atoms with Gasteiger partial charge in [-0.25, -0.2) is 4.39 Å². The molecular weight excluding hydrogens is 267 g/mol. The Labute approximate surface area is 126 Å². The van der Waals surface area contributed by atoms with E-state index in [1.54, 1.807) is 12.1 Å². The second-order valence-corrected chi connectivity index (χ2v) is 6.36. The van der Waals surface area contributed by atoms with Gasteiger partial charge in [-0.2, -0.15) is 0 Å². The Morgan fingerprint density at radius 2 is 2.19 bits per heavy atom. The van der Waals surface area contributed by atoms with Crippen LogP contribution in [0.2, 0.25) is 0 Å². The van der Waals surface area contributed by atoms with Gasteiger partial charge in [0.15, 0.2) is 0 Å². The van der Waals surface area contributed by atoms with Crippen molar-refractivity contribution in [2.75, 3.05) is 19.6 Å². The lowest BCUT2D eigenvalue weighted by atomic mass is 9.74. The zero-order chi connectivity index (χ0) is 15.3. The number of hydrogen-bond donors (Lipinski definition) is 2. The lowest BCUT2D eigenvalue weighted by molar-refractivity contribution is -0.132. The quantitative estimate of drug-likeness (QED) is 0.875. The molecule has 0 radical (unpaired) electrons. The smallest absolute Gasteiger partial charge is 0.225 e. The van der Waals surface area contributed by atoms with Crippen LogP contribution in [0, 0.1) is 17.2 Å². The lowest BCUT2D eigenvalue weighted by Crippen LogP contribution is -2.47. The molecule has 1 aliphatic heterocycles. The van der Waals surface area contributed by atoms with Gasteiger partial charge in [-0.05, 0) is 49.9 Å². The molecule has 0 spiro atoms. The molecule has 1 aliphatic rings. The van der Waals surface area contributed by atoms with Crippen LogP contribution in [0.3, 0.4) is 0 Å². The van der Waals surface area contributed by atoms with Crippen molar-refractivity contribution in [2.45, 2.75) is 33.1 Å². The van der Waals surface area contributed by atoms with Crippen molar-refractivity contribution in [2.24, 2.45) is 11.3 Å². The maximum absolute atomic E-state index is 13.5. The minimum Gasteiger partial charge on any atom is -0.355 e. The number of nitrogens with one attached hydrogen (secondary N) is 2. The summed E-state index contributed by atoms with van der Waals surface area (Å²) >= 11 is 0. The number of benzene rings is 1. The fourth-order valence-corrected chi connectivity index (χ4v) is 2.89. The highest BCUT2D eigenvalue weighted by Crippen LogP contribution is 2.31. The van der Waals surface area contributed by atoms with Crippen molar-refractivity contribution in [3.63, 3.8) is 0 Å². The normalized spacial score (nSPS) is 19.3. The molecule has 1 aromatic rings. The third-order valence-electron chi connectivity index (χ3n) is 4.54. The van der Waals surface area contributed by atoms with Gasteiger partial charge in [0.05, 0.1) is 0 Å². The molecule has 1 amide bonds. The van der Waals surface area contributed by atoms with Crippen molar-refractivity contribution in [1.82, 2.24) is 10.6 Å². The summed E-state index contributed by atoms with van der Waals surface area (Å²) in [5.41, 5.74) is 0.262. The van der Waals surface area contributed by atoms with Crippen LogP contribution in [0.4, 0.5) is 4.39 Å². The first-order valence-electron chi connectivity index (χ1n) is 7.74. The van der Waals surface area contributed by atoms with Crippen molar-refractivity contribution in [3.05, 3.63) is 35.6 Å². The van der Waals surface area contributed by atoms with Crippen LogP contribution >= 0.6 is 0 Å². The standard InChI is InChI=1S/C17H25FN2O/c1-17(2,14-7-5-10-19-12-14)16(21)20-11-9-13-6-3-4-8-15(13)18/h3-4,6,8,14,19H,5,7,9-12H2,1-2H3,(H,20,21). The Hall–Kier alpha value is -1.42. The molecule has 21 heavy (non-hydrogen) atoms. The lowest BCUT2D eigenvalue weighted by Gasteiger charge is -2.36. The summed E-state index contributed by atoms with van der Waals surface area (Å²) < 4.78 is 13.5. The van der Waals surface area contributed by atoms with Crippen LogP contribution in [-0.4, -0.2) is 25.5 Å². The topological polar surface area (TPSA) is 41.1 Å². The molecule has 1 heterocycles. The molecule has 1 atom stereocenters. The van der Waals surface area contributed by atoms with E-state index in [2.05, 4.69) is 10.6 Å². The number of carbonyl (C=O) groups is 1. The fourth-order valence-electron chi connectivity index (χ4n) is 2.89. The Morgan fingerprint density at radius 1 is 1.43 bits per heavy atom. The molecule has 0 saturated carbocycles. The summed E-state index contributed by atoms with van der Waals surface area (Å²) in [5, 5.41) is 6.32. The molecule has 2 rings (SSSR count). The number of rotatable bonds is 5. The first-order chi connectivity index (χ1) is 10.0. The highest BCUT2D eigenvalue weighted by molar-refractivity contribution is 5.82. The predicted octanol–water partition coefficient (Wildman–Crippen LogP) is 2.51. The second-order valence-electron chi connectivity index (χ2n) is 6.36. The SMILES string of the molecule is CC(C)(C(=O)NCCc1ccccc1F)C1CCCNC1. The summed E-state index contributed by atoms with van der Waals surface area (Å²) in [5.74, 6) is 0.217. The average molecular weight is 292 g/mol. The Kier molecular flexibility index (Phi) is 5.34. The molecule has 1 aromatic carbocycles. The van der Waals surface area contributed by atoms with Crippen molar-refractivity contribution in [1.29, 1.82) is 0 Å². The Balaban J connectivity index is 1.84. The van der Waals surface area contributed by atoms with E-state index >= 15 is 0 Å². The van der Waals surface area contributed by atoms with Gasteiger partial charge in [0.2, 0.25) is 5.91 Å². The van der Waals surface area contributed by atoms with Gasteiger partial charge in [-0.15, -0.1) is 0 Å². The van der Waals surface area contributed by atoms with Gasteiger partial charge in [0.25, 0.3) is 0 Å². The van der Waals surface area contributed by atoms with E-state index in [0.717, 1.165) is 25.9 Å². The van der Waals surface area contributed by atoms with E-state index in [4.69, 9.17) is 0 Å². The van der Waals surface area contributed by atoms with Crippen molar-refractivity contribution in [3.8, 4) is 0 Å². The van der Waals surface area contributed by atoms with Gasteiger partial charge in [0, 0.05) is 12.0 Å². The van der Waals surface area contributed by atoms with Crippen LogP contribution in [-0.2, 0) is 11.2 Å². The predicted molar refractivity (Wildman–Crippen MR) is 82.5 cm³/mol. The molecule has 2 N–H and O–H groups in total. The molecule has 1 saturated heterocycles. The maximum atomic E-state index is 13.5. The third-order valence-corrected chi connectivity index (χ3v) is 4.54. The van der Waals surface area contributed by atoms with E-state index in [0.29, 0.717) is 24.4 Å². The summed E-state index contributed by atoms with van der Waals surface area (Å²) in [6.45, 7) is 6.42. The van der Waals surface area contributed by atoms with E-state index in [9.17, 15) is 9.18 Å². The van der Waals surface area contributed by atoms with Crippen LogP contribution < -0.4 is 10.6 Å². The molecule has 3 nitrogen and oxygen atoms in total. The average Bonchev–Trinajstić information content (AvgIpc) is 2.50. The van der Waals surface area contributed by atoms with Crippen LogP contribution in [0.25, 0.3) is 0 Å². The number of hydrogen-bond acceptors (Lipinski definition) is 2. The fraction of sp³-hybridized carbons (Fsp3) is 0.588. The van der Waals surface area contributed by atoms with E-state index in [1.165, 1.54) is 6.07 Å². The first-order valence-corrected chi connectivity index (χ1v) is 7.74. The third kappa shape index (κ3) is 4.03. The van der Waals surface area contributed by atoms with Gasteiger partial charge in [0.1, 0.15) is 5.82 Å².